The van der Waals surface area contributed by atoms with Crippen molar-refractivity contribution in [2.24, 2.45) is 0 Å². The molecule has 0 aliphatic carbocycles. The predicted octanol–water partition coefficient (Wildman–Crippen LogP) is 3.48. The molecule has 1 aliphatic rings. The maximum Gasteiger partial charge on any atom is 0.0698 e. The first-order valence-corrected chi connectivity index (χ1v) is 9.08. The monoisotopic (exact) mass is 364 g/mol. The van der Waals surface area contributed by atoms with Crippen molar-refractivity contribution in [1.29, 1.82) is 0 Å². The average Bonchev–Trinajstić information content (AvgIpc) is 2.69. The summed E-state index contributed by atoms with van der Waals surface area (Å²) in [5.41, 5.74) is 3.63. The first kappa shape index (κ1) is 17.6. The average molecular weight is 365 g/mol. The van der Waals surface area contributed by atoms with E-state index >= 15 is 0 Å². The molecule has 0 saturated heterocycles. The highest BCUT2D eigenvalue weighted by Gasteiger charge is 2.26. The lowest BCUT2D eigenvalue weighted by atomic mass is 9.97. The van der Waals surface area contributed by atoms with Crippen LogP contribution in [0.25, 0.3) is 0 Å². The van der Waals surface area contributed by atoms with Gasteiger partial charge in [0, 0.05) is 23.5 Å². The molecular formula is C18H21ClN2O2S. The topological polar surface area (TPSA) is 44.7 Å². The summed E-state index contributed by atoms with van der Waals surface area (Å²) in [6.45, 7) is 1.68. The van der Waals surface area contributed by atoms with Crippen molar-refractivity contribution in [1.82, 2.24) is 5.32 Å². The third-order valence-corrected chi connectivity index (χ3v) is 5.20. The van der Waals surface area contributed by atoms with Gasteiger partial charge in [-0.3, -0.25) is 0 Å². The van der Waals surface area contributed by atoms with E-state index in [0.717, 1.165) is 9.92 Å². The van der Waals surface area contributed by atoms with Crippen LogP contribution in [-0.4, -0.2) is 38.5 Å². The van der Waals surface area contributed by atoms with Crippen LogP contribution in [0, 0.1) is 0 Å². The molecule has 1 unspecified atom stereocenters. The molecule has 1 heterocycles. The van der Waals surface area contributed by atoms with E-state index < -0.39 is 0 Å². The van der Waals surface area contributed by atoms with E-state index in [1.165, 1.54) is 16.8 Å². The second-order valence-corrected chi connectivity index (χ2v) is 7.16. The number of aliphatic hydroxyl groups is 1. The molecule has 0 bridgehead atoms. The van der Waals surface area contributed by atoms with E-state index in [0.29, 0.717) is 19.8 Å². The minimum absolute atomic E-state index is 0.0506. The van der Waals surface area contributed by atoms with E-state index in [-0.39, 0.29) is 12.6 Å². The van der Waals surface area contributed by atoms with E-state index in [2.05, 4.69) is 47.0 Å². The fourth-order valence-corrected chi connectivity index (χ4v) is 4.14. The molecule has 2 N–H and O–H groups in total. The number of hydrogen-bond donors (Lipinski definition) is 2. The smallest absolute Gasteiger partial charge is 0.0698 e. The Morgan fingerprint density at radius 3 is 2.88 bits per heavy atom. The van der Waals surface area contributed by atoms with Crippen molar-refractivity contribution in [2.75, 3.05) is 37.7 Å². The fraction of sp³-hybridized carbons (Fsp3) is 0.333. The Kier molecular flexibility index (Phi) is 6.03. The highest BCUT2D eigenvalue weighted by molar-refractivity contribution is 8.00. The number of benzene rings is 2. The Balaban J connectivity index is 1.91. The number of ether oxygens (including phenoxy) is 1. The Bertz CT molecular complexity index is 698. The number of para-hydroxylation sites is 1. The molecule has 0 fully saturated rings. The van der Waals surface area contributed by atoms with Crippen LogP contribution in [0.15, 0.2) is 47.4 Å². The molecule has 1 aliphatic heterocycles. The van der Waals surface area contributed by atoms with E-state index in [4.69, 9.17) is 21.4 Å². The third-order valence-electron chi connectivity index (χ3n) is 3.94. The lowest BCUT2D eigenvalue weighted by molar-refractivity contribution is 0.0931. The molecule has 2 aromatic rings. The van der Waals surface area contributed by atoms with Crippen LogP contribution in [0.3, 0.4) is 0 Å². The predicted molar refractivity (Wildman–Crippen MR) is 99.9 cm³/mol. The normalized spacial score (nSPS) is 16.5. The van der Waals surface area contributed by atoms with Crippen molar-refractivity contribution < 1.29 is 9.84 Å². The molecule has 3 rings (SSSR count). The third kappa shape index (κ3) is 3.87. The second-order valence-electron chi connectivity index (χ2n) is 5.55. The van der Waals surface area contributed by atoms with Crippen LogP contribution in [0.1, 0.15) is 17.2 Å². The highest BCUT2D eigenvalue weighted by atomic mass is 35.5. The summed E-state index contributed by atoms with van der Waals surface area (Å²) in [5, 5.41) is 13.1. The number of nitrogens with zero attached hydrogens (tertiary/aromatic N) is 1. The fourth-order valence-electron chi connectivity index (χ4n) is 2.87. The van der Waals surface area contributed by atoms with Gasteiger partial charge in [-0.05, 0) is 41.3 Å². The maximum absolute atomic E-state index is 8.80. The van der Waals surface area contributed by atoms with Gasteiger partial charge in [0.1, 0.15) is 0 Å². The Morgan fingerprint density at radius 2 is 2.04 bits per heavy atom. The second kappa shape index (κ2) is 8.23. The molecule has 24 heavy (non-hydrogen) atoms. The zero-order valence-electron chi connectivity index (χ0n) is 13.5. The minimum Gasteiger partial charge on any atom is -0.394 e. The van der Waals surface area contributed by atoms with Crippen molar-refractivity contribution in [2.45, 2.75) is 10.9 Å². The summed E-state index contributed by atoms with van der Waals surface area (Å²) in [6.07, 6.45) is 0. The first-order chi connectivity index (χ1) is 11.7. The standard InChI is InChI=1S/C18H21ClN2O2S/c1-21-16-5-3-2-4-14(16)18(20-8-10-23-11-9-22)15-7-6-13(19)12-17(15)24-21/h2-7,12,18,20,22H,8-11H2,1H3. The number of halogens is 1. The summed E-state index contributed by atoms with van der Waals surface area (Å²) in [6, 6.07) is 14.5. The Morgan fingerprint density at radius 1 is 1.21 bits per heavy atom. The van der Waals surface area contributed by atoms with Gasteiger partial charge in [0.25, 0.3) is 0 Å². The number of rotatable bonds is 6. The van der Waals surface area contributed by atoms with Crippen LogP contribution in [0.2, 0.25) is 5.02 Å². The molecule has 0 saturated carbocycles. The maximum atomic E-state index is 8.80. The van der Waals surface area contributed by atoms with Gasteiger partial charge in [0.2, 0.25) is 0 Å². The molecule has 1 atom stereocenters. The summed E-state index contributed by atoms with van der Waals surface area (Å²) < 4.78 is 7.55. The number of fused-ring (bicyclic) bond motifs is 2. The zero-order chi connectivity index (χ0) is 16.9. The quantitative estimate of drug-likeness (QED) is 0.607. The van der Waals surface area contributed by atoms with Gasteiger partial charge in [0.15, 0.2) is 0 Å². The molecule has 0 aromatic heterocycles. The highest BCUT2D eigenvalue weighted by Crippen LogP contribution is 2.43. The summed E-state index contributed by atoms with van der Waals surface area (Å²) >= 11 is 7.89. The lowest BCUT2D eigenvalue weighted by Crippen LogP contribution is -2.27. The van der Waals surface area contributed by atoms with Crippen LogP contribution in [0.5, 0.6) is 0 Å². The summed E-state index contributed by atoms with van der Waals surface area (Å²) in [7, 11) is 2.07. The van der Waals surface area contributed by atoms with Crippen LogP contribution in [0.4, 0.5) is 5.69 Å². The van der Waals surface area contributed by atoms with Crippen LogP contribution >= 0.6 is 23.5 Å². The van der Waals surface area contributed by atoms with Gasteiger partial charge in [-0.1, -0.05) is 35.9 Å². The molecule has 0 spiro atoms. The number of hydrogen-bond acceptors (Lipinski definition) is 5. The zero-order valence-corrected chi connectivity index (χ0v) is 15.1. The van der Waals surface area contributed by atoms with Crippen molar-refractivity contribution >= 4 is 29.2 Å². The molecular weight excluding hydrogens is 344 g/mol. The van der Waals surface area contributed by atoms with Crippen LogP contribution in [-0.2, 0) is 4.74 Å². The molecule has 4 nitrogen and oxygen atoms in total. The van der Waals surface area contributed by atoms with Gasteiger partial charge >= 0.3 is 0 Å². The first-order valence-electron chi connectivity index (χ1n) is 7.93. The minimum atomic E-state index is 0.0506. The number of nitrogens with one attached hydrogen (secondary N) is 1. The molecule has 6 heteroatoms. The van der Waals surface area contributed by atoms with Gasteiger partial charge in [0.05, 0.1) is 31.5 Å². The molecule has 0 radical (unpaired) electrons. The molecule has 0 amide bonds. The van der Waals surface area contributed by atoms with E-state index in [1.807, 2.05) is 12.1 Å². The van der Waals surface area contributed by atoms with E-state index in [9.17, 15) is 0 Å². The molecule has 128 valence electrons. The van der Waals surface area contributed by atoms with Gasteiger partial charge in [-0.2, -0.15) is 0 Å². The van der Waals surface area contributed by atoms with Crippen molar-refractivity contribution in [3.8, 4) is 0 Å². The van der Waals surface area contributed by atoms with Crippen LogP contribution < -0.4 is 9.62 Å². The number of aliphatic hydroxyl groups excluding tert-OH is 1. The summed E-state index contributed by atoms with van der Waals surface area (Å²) in [4.78, 5) is 1.15. The summed E-state index contributed by atoms with van der Waals surface area (Å²) in [5.74, 6) is 0. The van der Waals surface area contributed by atoms with E-state index in [1.54, 1.807) is 11.9 Å². The molecule has 2 aromatic carbocycles. The van der Waals surface area contributed by atoms with Crippen molar-refractivity contribution in [3.05, 3.63) is 58.6 Å². The Hall–Kier alpha value is -1.24. The Labute approximate surface area is 151 Å². The SMILES string of the molecule is CN1Sc2cc(Cl)ccc2C(NCCOCCO)c2ccccc21. The van der Waals surface area contributed by atoms with Gasteiger partial charge < -0.3 is 19.5 Å². The van der Waals surface area contributed by atoms with Gasteiger partial charge in [-0.15, -0.1) is 0 Å². The largest absolute Gasteiger partial charge is 0.394 e. The van der Waals surface area contributed by atoms with Gasteiger partial charge in [-0.25, -0.2) is 0 Å². The lowest BCUT2D eigenvalue weighted by Gasteiger charge is -2.22. The number of anilines is 1. The van der Waals surface area contributed by atoms with Crippen molar-refractivity contribution in [3.63, 3.8) is 0 Å².